The highest BCUT2D eigenvalue weighted by molar-refractivity contribution is 6.31. The monoisotopic (exact) mass is 382 g/mol. The lowest BCUT2D eigenvalue weighted by molar-refractivity contribution is -0.120. The number of anilines is 1. The summed E-state index contributed by atoms with van der Waals surface area (Å²) in [4.78, 5) is 28.2. The number of H-pyrrole nitrogens is 1. The van der Waals surface area contributed by atoms with Crippen LogP contribution in [0.3, 0.4) is 0 Å². The molecule has 1 heterocycles. The van der Waals surface area contributed by atoms with Crippen molar-refractivity contribution < 1.29 is 14.3 Å². The van der Waals surface area contributed by atoms with Gasteiger partial charge < -0.3 is 15.0 Å². The van der Waals surface area contributed by atoms with Gasteiger partial charge in [0.2, 0.25) is 5.91 Å². The van der Waals surface area contributed by atoms with Crippen molar-refractivity contribution in [3.63, 3.8) is 0 Å². The summed E-state index contributed by atoms with van der Waals surface area (Å²) in [6.07, 6.45) is 2.19. The lowest BCUT2D eigenvalue weighted by Gasteiger charge is -2.22. The minimum atomic E-state index is -0.469. The largest absolute Gasteiger partial charge is 0.465 e. The van der Waals surface area contributed by atoms with E-state index in [4.69, 9.17) is 16.3 Å². The van der Waals surface area contributed by atoms with E-state index in [9.17, 15) is 9.59 Å². The molecule has 1 amide bonds. The van der Waals surface area contributed by atoms with Gasteiger partial charge in [-0.25, -0.2) is 4.79 Å². The minimum Gasteiger partial charge on any atom is -0.465 e. The van der Waals surface area contributed by atoms with E-state index < -0.39 is 5.97 Å². The summed E-state index contributed by atoms with van der Waals surface area (Å²) in [6, 6.07) is 12.6. The average molecular weight is 383 g/mol. The van der Waals surface area contributed by atoms with Crippen LogP contribution in [0.4, 0.5) is 5.69 Å². The third-order valence-electron chi connectivity index (χ3n) is 5.11. The Labute approximate surface area is 161 Å². The van der Waals surface area contributed by atoms with Crippen LogP contribution in [0.25, 0.3) is 10.9 Å². The predicted octanol–water partition coefficient (Wildman–Crippen LogP) is 4.35. The first-order chi connectivity index (χ1) is 13.1. The van der Waals surface area contributed by atoms with Crippen molar-refractivity contribution in [2.45, 2.75) is 19.3 Å². The van der Waals surface area contributed by atoms with E-state index in [-0.39, 0.29) is 11.8 Å². The molecule has 3 aromatic rings. The number of para-hydroxylation sites is 1. The number of carbonyl (C=O) groups is 2. The number of hydrogen-bond donors (Lipinski definition) is 2. The maximum absolute atomic E-state index is 12.9. The standard InChI is InChI=1S/C21H19ClN2O3/c1-27-21(26)14-4-2-3-5-17(14)24-20(25)12-6-8-18-15(10-12)16-11-13(22)7-9-19(16)23-18/h2-5,7,9,11-12,23H,6,8,10H2,1H3,(H,24,25). The maximum atomic E-state index is 12.9. The van der Waals surface area contributed by atoms with Gasteiger partial charge >= 0.3 is 5.97 Å². The number of nitrogens with one attached hydrogen (secondary N) is 2. The minimum absolute atomic E-state index is 0.0895. The van der Waals surface area contributed by atoms with Gasteiger partial charge in [0, 0.05) is 27.5 Å². The molecule has 0 saturated carbocycles. The number of carbonyl (C=O) groups excluding carboxylic acids is 2. The number of rotatable bonds is 3. The molecule has 1 aliphatic carbocycles. The highest BCUT2D eigenvalue weighted by Crippen LogP contribution is 2.33. The number of aromatic nitrogens is 1. The van der Waals surface area contributed by atoms with Crippen LogP contribution in [0, 0.1) is 5.92 Å². The van der Waals surface area contributed by atoms with Gasteiger partial charge in [-0.15, -0.1) is 0 Å². The molecule has 0 aliphatic heterocycles. The fraction of sp³-hybridized carbons (Fsp3) is 0.238. The van der Waals surface area contributed by atoms with E-state index in [0.29, 0.717) is 22.7 Å². The van der Waals surface area contributed by atoms with E-state index in [0.717, 1.165) is 29.3 Å². The Morgan fingerprint density at radius 3 is 2.85 bits per heavy atom. The fourth-order valence-corrected chi connectivity index (χ4v) is 3.90. The molecule has 6 heteroatoms. The Hall–Kier alpha value is -2.79. The van der Waals surface area contributed by atoms with Crippen LogP contribution in [0.2, 0.25) is 5.02 Å². The second-order valence-corrected chi connectivity index (χ2v) is 7.17. The van der Waals surface area contributed by atoms with Gasteiger partial charge in [-0.05, 0) is 55.2 Å². The number of aryl methyl sites for hydroxylation is 1. The van der Waals surface area contributed by atoms with Crippen molar-refractivity contribution in [1.82, 2.24) is 4.98 Å². The lowest BCUT2D eigenvalue weighted by atomic mass is 9.85. The highest BCUT2D eigenvalue weighted by atomic mass is 35.5. The number of ether oxygens (including phenoxy) is 1. The number of amides is 1. The van der Waals surface area contributed by atoms with Crippen LogP contribution in [0.15, 0.2) is 42.5 Å². The molecule has 1 aliphatic rings. The summed E-state index contributed by atoms with van der Waals surface area (Å²) < 4.78 is 4.79. The van der Waals surface area contributed by atoms with Crippen LogP contribution in [-0.2, 0) is 22.4 Å². The number of halogens is 1. The van der Waals surface area contributed by atoms with E-state index in [1.165, 1.54) is 12.8 Å². The van der Waals surface area contributed by atoms with Crippen LogP contribution in [0.1, 0.15) is 28.0 Å². The van der Waals surface area contributed by atoms with Gasteiger partial charge in [0.05, 0.1) is 18.4 Å². The Bertz CT molecular complexity index is 1040. The molecule has 1 atom stereocenters. The van der Waals surface area contributed by atoms with Crippen molar-refractivity contribution in [1.29, 1.82) is 0 Å². The first kappa shape index (κ1) is 17.6. The molecule has 0 fully saturated rings. The lowest BCUT2D eigenvalue weighted by Crippen LogP contribution is -2.28. The molecular weight excluding hydrogens is 364 g/mol. The van der Waals surface area contributed by atoms with Crippen molar-refractivity contribution in [3.8, 4) is 0 Å². The van der Waals surface area contributed by atoms with Crippen LogP contribution < -0.4 is 5.32 Å². The smallest absolute Gasteiger partial charge is 0.339 e. The molecule has 0 bridgehead atoms. The van der Waals surface area contributed by atoms with Gasteiger partial charge in [0.15, 0.2) is 0 Å². The maximum Gasteiger partial charge on any atom is 0.339 e. The zero-order valence-electron chi connectivity index (χ0n) is 14.8. The molecule has 5 nitrogen and oxygen atoms in total. The van der Waals surface area contributed by atoms with Crippen molar-refractivity contribution >= 4 is 40.1 Å². The van der Waals surface area contributed by atoms with Gasteiger partial charge in [-0.2, -0.15) is 0 Å². The third-order valence-corrected chi connectivity index (χ3v) is 5.35. The molecule has 27 heavy (non-hydrogen) atoms. The molecule has 1 aromatic heterocycles. The number of esters is 1. The van der Waals surface area contributed by atoms with Gasteiger partial charge in [-0.3, -0.25) is 4.79 Å². The summed E-state index contributed by atoms with van der Waals surface area (Å²) in [7, 11) is 1.33. The second-order valence-electron chi connectivity index (χ2n) is 6.74. The van der Waals surface area contributed by atoms with Crippen molar-refractivity contribution in [2.75, 3.05) is 12.4 Å². The SMILES string of the molecule is COC(=O)c1ccccc1NC(=O)C1CCc2[nH]c3ccc(Cl)cc3c2C1. The predicted molar refractivity (Wildman–Crippen MR) is 105 cm³/mol. The topological polar surface area (TPSA) is 71.2 Å². The molecule has 2 N–H and O–H groups in total. The number of aromatic amines is 1. The van der Waals surface area contributed by atoms with Crippen LogP contribution in [-0.4, -0.2) is 24.0 Å². The van der Waals surface area contributed by atoms with Gasteiger partial charge in [-0.1, -0.05) is 23.7 Å². The van der Waals surface area contributed by atoms with E-state index >= 15 is 0 Å². The highest BCUT2D eigenvalue weighted by Gasteiger charge is 2.28. The zero-order chi connectivity index (χ0) is 19.0. The van der Waals surface area contributed by atoms with E-state index in [1.54, 1.807) is 24.3 Å². The molecule has 0 saturated heterocycles. The Balaban J connectivity index is 1.58. The number of fused-ring (bicyclic) bond motifs is 3. The van der Waals surface area contributed by atoms with Gasteiger partial charge in [0.25, 0.3) is 0 Å². The molecule has 0 spiro atoms. The summed E-state index contributed by atoms with van der Waals surface area (Å²) in [5.74, 6) is -0.724. The van der Waals surface area contributed by atoms with E-state index in [2.05, 4.69) is 10.3 Å². The molecule has 0 radical (unpaired) electrons. The third kappa shape index (κ3) is 3.30. The number of benzene rings is 2. The van der Waals surface area contributed by atoms with Crippen LogP contribution >= 0.6 is 11.6 Å². The number of hydrogen-bond acceptors (Lipinski definition) is 3. The van der Waals surface area contributed by atoms with Crippen molar-refractivity contribution in [2.24, 2.45) is 5.92 Å². The van der Waals surface area contributed by atoms with Crippen molar-refractivity contribution in [3.05, 3.63) is 64.3 Å². The first-order valence-electron chi connectivity index (χ1n) is 8.84. The van der Waals surface area contributed by atoms with Gasteiger partial charge in [0.1, 0.15) is 0 Å². The van der Waals surface area contributed by atoms with E-state index in [1.807, 2.05) is 18.2 Å². The zero-order valence-corrected chi connectivity index (χ0v) is 15.6. The average Bonchev–Trinajstić information content (AvgIpc) is 3.05. The molecule has 1 unspecified atom stereocenters. The Morgan fingerprint density at radius 1 is 1.22 bits per heavy atom. The summed E-state index contributed by atoms with van der Waals surface area (Å²) in [5.41, 5.74) is 4.19. The second kappa shape index (κ2) is 7.08. The quantitative estimate of drug-likeness (QED) is 0.661. The Morgan fingerprint density at radius 2 is 2.04 bits per heavy atom. The fourth-order valence-electron chi connectivity index (χ4n) is 3.73. The number of methoxy groups -OCH3 is 1. The molecule has 4 rings (SSSR count). The van der Waals surface area contributed by atoms with Crippen LogP contribution in [0.5, 0.6) is 0 Å². The Kier molecular flexibility index (Phi) is 4.62. The summed E-state index contributed by atoms with van der Waals surface area (Å²) in [5, 5.41) is 4.66. The molecule has 2 aromatic carbocycles. The normalized spacial score (nSPS) is 16.0. The first-order valence-corrected chi connectivity index (χ1v) is 9.22. The molecule has 138 valence electrons. The molecular formula is C21H19ClN2O3. The summed E-state index contributed by atoms with van der Waals surface area (Å²) >= 11 is 6.15. The summed E-state index contributed by atoms with van der Waals surface area (Å²) in [6.45, 7) is 0.